The Hall–Kier alpha value is -5.41. The Morgan fingerprint density at radius 1 is 0.381 bits per heavy atom. The largest absolute Gasteiger partial charge is 0.310 e. The summed E-state index contributed by atoms with van der Waals surface area (Å²) in [5, 5.41) is 0. The number of anilines is 6. The first kappa shape index (κ1) is 26.8. The molecule has 0 bridgehead atoms. The number of para-hydroxylation sites is 2. The Balaban J connectivity index is 1.39. The van der Waals surface area contributed by atoms with Crippen LogP contribution in [0.5, 0.6) is 0 Å². The van der Waals surface area contributed by atoms with Crippen molar-refractivity contribution in [1.29, 1.82) is 0 Å². The van der Waals surface area contributed by atoms with E-state index in [2.05, 4.69) is 109 Å². The summed E-state index contributed by atoms with van der Waals surface area (Å²) in [4.78, 5) is 18.4. The Morgan fingerprint density at radius 3 is 1.10 bits per heavy atom. The van der Waals surface area contributed by atoms with Crippen LogP contribution in [-0.2, 0) is 0 Å². The second kappa shape index (κ2) is 12.0. The molecule has 0 atom stereocenters. The first-order valence-corrected chi connectivity index (χ1v) is 14.2. The van der Waals surface area contributed by atoms with Crippen molar-refractivity contribution in [2.24, 2.45) is 0 Å². The van der Waals surface area contributed by atoms with E-state index in [1.165, 1.54) is 11.1 Å². The molecule has 6 aromatic carbocycles. The highest BCUT2D eigenvalue weighted by atomic mass is 16.1. The molecular formula is C39H32N2O. The smallest absolute Gasteiger partial charge is 0.193 e. The summed E-state index contributed by atoms with van der Waals surface area (Å²) < 4.78 is 0. The topological polar surface area (TPSA) is 23.6 Å². The average Bonchev–Trinajstić information content (AvgIpc) is 3.02. The molecule has 0 aromatic heterocycles. The van der Waals surface area contributed by atoms with E-state index in [1.807, 2.05) is 72.8 Å². The summed E-state index contributed by atoms with van der Waals surface area (Å²) in [7, 11) is 0. The fourth-order valence-electron chi connectivity index (χ4n) is 5.32. The van der Waals surface area contributed by atoms with E-state index in [1.54, 1.807) is 0 Å². The van der Waals surface area contributed by atoms with Crippen molar-refractivity contribution in [3.8, 4) is 0 Å². The highest BCUT2D eigenvalue weighted by molar-refractivity contribution is 6.10. The van der Waals surface area contributed by atoms with E-state index >= 15 is 0 Å². The number of ketones is 1. The zero-order valence-electron chi connectivity index (χ0n) is 23.8. The summed E-state index contributed by atoms with van der Waals surface area (Å²) in [6, 6.07) is 53.1. The van der Waals surface area contributed by atoms with Gasteiger partial charge < -0.3 is 9.80 Å². The van der Waals surface area contributed by atoms with E-state index in [9.17, 15) is 4.79 Å². The zero-order chi connectivity index (χ0) is 28.9. The van der Waals surface area contributed by atoms with Gasteiger partial charge in [0.05, 0.1) is 0 Å². The Bertz CT molecular complexity index is 1690. The van der Waals surface area contributed by atoms with E-state index < -0.39 is 0 Å². The van der Waals surface area contributed by atoms with Gasteiger partial charge in [0, 0.05) is 45.3 Å². The molecule has 6 rings (SSSR count). The first-order valence-electron chi connectivity index (χ1n) is 14.2. The fraction of sp³-hybridized carbons (Fsp3) is 0.0513. The van der Waals surface area contributed by atoms with Gasteiger partial charge in [-0.25, -0.2) is 0 Å². The highest BCUT2D eigenvalue weighted by Gasteiger charge is 2.18. The lowest BCUT2D eigenvalue weighted by molar-refractivity contribution is 0.103. The van der Waals surface area contributed by atoms with Crippen molar-refractivity contribution in [2.45, 2.75) is 13.8 Å². The van der Waals surface area contributed by atoms with Gasteiger partial charge in [-0.05, 0) is 97.8 Å². The van der Waals surface area contributed by atoms with Crippen LogP contribution in [0.25, 0.3) is 0 Å². The normalized spacial score (nSPS) is 10.7. The molecular weight excluding hydrogens is 512 g/mol. The molecule has 6 aromatic rings. The minimum Gasteiger partial charge on any atom is -0.310 e. The number of hydrogen-bond acceptors (Lipinski definition) is 3. The summed E-state index contributed by atoms with van der Waals surface area (Å²) in [5.74, 6) is -0.0202. The standard InChI is InChI=1S/C39H32N2O/c1-29-13-9-21-35(25-29)40(33-17-5-3-6-18-33)37-23-11-15-31(27-37)39(42)32-16-12-24-38(28-32)41(34-19-7-4-8-20-34)36-22-10-14-30(2)26-36/h3-28H,1-2H3. The third kappa shape index (κ3) is 5.72. The van der Waals surface area contributed by atoms with Crippen molar-refractivity contribution in [3.63, 3.8) is 0 Å². The van der Waals surface area contributed by atoms with Gasteiger partial charge in [0.25, 0.3) is 0 Å². The van der Waals surface area contributed by atoms with Crippen molar-refractivity contribution in [3.05, 3.63) is 180 Å². The second-order valence-corrected chi connectivity index (χ2v) is 10.4. The number of nitrogens with zero attached hydrogens (tertiary/aromatic N) is 2. The van der Waals surface area contributed by atoms with E-state index in [-0.39, 0.29) is 5.78 Å². The van der Waals surface area contributed by atoms with E-state index in [0.717, 1.165) is 34.1 Å². The quantitative estimate of drug-likeness (QED) is 0.178. The Labute approximate surface area is 247 Å². The van der Waals surface area contributed by atoms with Gasteiger partial charge >= 0.3 is 0 Å². The number of rotatable bonds is 8. The molecule has 42 heavy (non-hydrogen) atoms. The number of hydrogen-bond donors (Lipinski definition) is 0. The lowest BCUT2D eigenvalue weighted by Gasteiger charge is -2.26. The Morgan fingerprint density at radius 2 is 0.714 bits per heavy atom. The van der Waals surface area contributed by atoms with Crippen LogP contribution in [0.4, 0.5) is 34.1 Å². The van der Waals surface area contributed by atoms with Crippen LogP contribution in [0.2, 0.25) is 0 Å². The molecule has 0 saturated carbocycles. The number of carbonyl (C=O) groups is 1. The summed E-state index contributed by atoms with van der Waals surface area (Å²) in [6.45, 7) is 4.18. The molecule has 0 N–H and O–H groups in total. The van der Waals surface area contributed by atoms with Gasteiger partial charge in [0.15, 0.2) is 5.78 Å². The SMILES string of the molecule is Cc1cccc(N(c2ccccc2)c2cccc(C(=O)c3cccc(N(c4ccccc4)c4cccc(C)c4)c3)c2)c1. The van der Waals surface area contributed by atoms with Crippen LogP contribution >= 0.6 is 0 Å². The summed E-state index contributed by atoms with van der Waals surface area (Å²) in [6.07, 6.45) is 0. The molecule has 0 fully saturated rings. The summed E-state index contributed by atoms with van der Waals surface area (Å²) in [5.41, 5.74) is 9.65. The highest BCUT2D eigenvalue weighted by Crippen LogP contribution is 2.37. The van der Waals surface area contributed by atoms with Crippen molar-refractivity contribution in [1.82, 2.24) is 0 Å². The molecule has 0 aliphatic rings. The van der Waals surface area contributed by atoms with E-state index in [0.29, 0.717) is 11.1 Å². The van der Waals surface area contributed by atoms with E-state index in [4.69, 9.17) is 0 Å². The molecule has 3 nitrogen and oxygen atoms in total. The van der Waals surface area contributed by atoms with Gasteiger partial charge in [0.1, 0.15) is 0 Å². The minimum atomic E-state index is -0.0202. The molecule has 3 heteroatoms. The van der Waals surface area contributed by atoms with Crippen LogP contribution in [0.15, 0.2) is 158 Å². The zero-order valence-corrected chi connectivity index (χ0v) is 23.8. The van der Waals surface area contributed by atoms with Gasteiger partial charge in [-0.15, -0.1) is 0 Å². The number of aryl methyl sites for hydroxylation is 2. The Kier molecular flexibility index (Phi) is 7.65. The van der Waals surface area contributed by atoms with Crippen LogP contribution in [-0.4, -0.2) is 5.78 Å². The van der Waals surface area contributed by atoms with Gasteiger partial charge in [-0.3, -0.25) is 4.79 Å². The molecule has 0 radical (unpaired) electrons. The average molecular weight is 545 g/mol. The number of carbonyl (C=O) groups excluding carboxylic acids is 1. The molecule has 0 aliphatic heterocycles. The third-order valence-corrected chi connectivity index (χ3v) is 7.28. The fourth-order valence-corrected chi connectivity index (χ4v) is 5.32. The molecule has 0 spiro atoms. The molecule has 204 valence electrons. The molecule has 0 heterocycles. The van der Waals surface area contributed by atoms with Crippen LogP contribution in [0, 0.1) is 13.8 Å². The first-order chi connectivity index (χ1) is 20.6. The van der Waals surface area contributed by atoms with Crippen molar-refractivity contribution >= 4 is 39.9 Å². The maximum absolute atomic E-state index is 14.0. The summed E-state index contributed by atoms with van der Waals surface area (Å²) >= 11 is 0. The second-order valence-electron chi connectivity index (χ2n) is 10.4. The predicted molar refractivity (Wildman–Crippen MR) is 175 cm³/mol. The number of benzene rings is 6. The van der Waals surface area contributed by atoms with Crippen LogP contribution < -0.4 is 9.80 Å². The predicted octanol–water partition coefficient (Wildman–Crippen LogP) is 10.5. The minimum absolute atomic E-state index is 0.0202. The monoisotopic (exact) mass is 544 g/mol. The van der Waals surface area contributed by atoms with Gasteiger partial charge in [0.2, 0.25) is 0 Å². The molecule has 0 unspecified atom stereocenters. The lowest BCUT2D eigenvalue weighted by Crippen LogP contribution is -2.12. The van der Waals surface area contributed by atoms with Crippen LogP contribution in [0.3, 0.4) is 0 Å². The maximum atomic E-state index is 14.0. The van der Waals surface area contributed by atoms with Crippen molar-refractivity contribution in [2.75, 3.05) is 9.80 Å². The maximum Gasteiger partial charge on any atom is 0.193 e. The molecule has 0 amide bonds. The molecule has 0 aliphatic carbocycles. The van der Waals surface area contributed by atoms with Gasteiger partial charge in [-0.2, -0.15) is 0 Å². The lowest BCUT2D eigenvalue weighted by atomic mass is 10.0. The third-order valence-electron chi connectivity index (χ3n) is 7.28. The molecule has 0 saturated heterocycles. The van der Waals surface area contributed by atoms with Gasteiger partial charge in [-0.1, -0.05) is 84.9 Å². The van der Waals surface area contributed by atoms with Crippen molar-refractivity contribution < 1.29 is 4.79 Å². The van der Waals surface area contributed by atoms with Crippen LogP contribution in [0.1, 0.15) is 27.0 Å².